The summed E-state index contributed by atoms with van der Waals surface area (Å²) in [7, 11) is 0. The van der Waals surface area contributed by atoms with Crippen molar-refractivity contribution in [3.05, 3.63) is 75.4 Å². The Bertz CT molecular complexity index is 1370. The molecule has 0 aliphatic heterocycles. The van der Waals surface area contributed by atoms with Gasteiger partial charge in [-0.3, -0.25) is 29.8 Å². The van der Waals surface area contributed by atoms with Crippen LogP contribution in [0.25, 0.3) is 21.8 Å². The van der Waals surface area contributed by atoms with Gasteiger partial charge in [0.2, 0.25) is 11.8 Å². The molecule has 0 aliphatic rings. The van der Waals surface area contributed by atoms with Crippen molar-refractivity contribution in [1.29, 1.82) is 0 Å². The van der Waals surface area contributed by atoms with E-state index in [9.17, 15) is 14.4 Å². The van der Waals surface area contributed by atoms with E-state index in [0.717, 1.165) is 16.5 Å². The molecule has 2 aromatic carbocycles. The van der Waals surface area contributed by atoms with Gasteiger partial charge in [0.25, 0.3) is 5.56 Å². The van der Waals surface area contributed by atoms with Gasteiger partial charge in [-0.05, 0) is 36.0 Å². The first kappa shape index (κ1) is 19.6. The van der Waals surface area contributed by atoms with Crippen LogP contribution in [0.4, 0.5) is 0 Å². The second-order valence-electron chi connectivity index (χ2n) is 6.82. The number of H-pyrrole nitrogens is 2. The Balaban J connectivity index is 1.34. The number of nitrogens with zero attached hydrogens (tertiary/aromatic N) is 1. The third-order valence-corrected chi connectivity index (χ3v) is 5.14. The molecule has 0 saturated carbocycles. The summed E-state index contributed by atoms with van der Waals surface area (Å²) in [6.45, 7) is 0.100. The van der Waals surface area contributed by atoms with Gasteiger partial charge in [-0.15, -0.1) is 0 Å². The molecule has 4 rings (SSSR count). The van der Waals surface area contributed by atoms with Crippen LogP contribution in [0.3, 0.4) is 0 Å². The highest BCUT2D eigenvalue weighted by Crippen LogP contribution is 2.17. The molecule has 4 aromatic rings. The Morgan fingerprint density at radius 3 is 2.40 bits per heavy atom. The van der Waals surface area contributed by atoms with Crippen molar-refractivity contribution in [2.24, 2.45) is 0 Å². The van der Waals surface area contributed by atoms with Crippen LogP contribution in [-0.4, -0.2) is 26.3 Å². The number of para-hydroxylation sites is 2. The first-order valence-electron chi connectivity index (χ1n) is 9.37. The summed E-state index contributed by atoms with van der Waals surface area (Å²) in [6, 6.07) is 14.7. The molecule has 0 atom stereocenters. The van der Waals surface area contributed by atoms with E-state index < -0.39 is 5.91 Å². The SMILES string of the molecule is O=C(CCn1c(=S)[nH]c2ccccc2c1=O)NNC(=O)Cc1c[nH]c2ccccc12. The van der Waals surface area contributed by atoms with E-state index in [1.165, 1.54) is 4.57 Å². The zero-order chi connectivity index (χ0) is 21.1. The van der Waals surface area contributed by atoms with Crippen molar-refractivity contribution in [2.75, 3.05) is 0 Å². The van der Waals surface area contributed by atoms with Gasteiger partial charge < -0.3 is 9.97 Å². The molecule has 152 valence electrons. The van der Waals surface area contributed by atoms with Gasteiger partial charge in [-0.2, -0.15) is 0 Å². The number of hydrogen-bond acceptors (Lipinski definition) is 4. The van der Waals surface area contributed by atoms with Gasteiger partial charge in [-0.1, -0.05) is 30.3 Å². The average Bonchev–Trinajstić information content (AvgIpc) is 3.15. The summed E-state index contributed by atoms with van der Waals surface area (Å²) in [6.07, 6.45) is 1.89. The number of aromatic nitrogens is 3. The van der Waals surface area contributed by atoms with Crippen LogP contribution in [0.5, 0.6) is 0 Å². The number of carbonyl (C=O) groups is 2. The number of hydrazine groups is 1. The van der Waals surface area contributed by atoms with Gasteiger partial charge >= 0.3 is 0 Å². The molecular weight excluding hydrogens is 402 g/mol. The molecule has 0 aliphatic carbocycles. The van der Waals surface area contributed by atoms with Crippen LogP contribution in [0.15, 0.2) is 59.5 Å². The molecule has 0 spiro atoms. The maximum absolute atomic E-state index is 12.6. The van der Waals surface area contributed by atoms with E-state index in [1.807, 2.05) is 30.3 Å². The van der Waals surface area contributed by atoms with Gasteiger partial charge in [0.1, 0.15) is 0 Å². The number of fused-ring (bicyclic) bond motifs is 2. The molecule has 0 radical (unpaired) electrons. The zero-order valence-corrected chi connectivity index (χ0v) is 16.7. The molecule has 0 fully saturated rings. The Kier molecular flexibility index (Phi) is 5.44. The summed E-state index contributed by atoms with van der Waals surface area (Å²) in [5.74, 6) is -0.759. The molecule has 4 N–H and O–H groups in total. The number of aromatic amines is 2. The summed E-state index contributed by atoms with van der Waals surface area (Å²) in [5, 5.41) is 1.46. The minimum Gasteiger partial charge on any atom is -0.361 e. The molecule has 0 saturated heterocycles. The van der Waals surface area contributed by atoms with Crippen LogP contribution in [-0.2, 0) is 22.6 Å². The number of amides is 2. The molecule has 9 heteroatoms. The first-order chi connectivity index (χ1) is 14.5. The van der Waals surface area contributed by atoms with E-state index in [2.05, 4.69) is 20.8 Å². The summed E-state index contributed by atoms with van der Waals surface area (Å²) < 4.78 is 1.58. The van der Waals surface area contributed by atoms with Crippen molar-refractivity contribution in [3.63, 3.8) is 0 Å². The van der Waals surface area contributed by atoms with E-state index in [-0.39, 0.29) is 35.6 Å². The highest BCUT2D eigenvalue weighted by Gasteiger charge is 2.11. The van der Waals surface area contributed by atoms with E-state index in [4.69, 9.17) is 12.2 Å². The number of hydrogen-bond donors (Lipinski definition) is 4. The minimum atomic E-state index is -0.420. The zero-order valence-electron chi connectivity index (χ0n) is 15.9. The lowest BCUT2D eigenvalue weighted by atomic mass is 10.1. The highest BCUT2D eigenvalue weighted by molar-refractivity contribution is 7.71. The Morgan fingerprint density at radius 1 is 0.933 bits per heavy atom. The molecule has 2 aromatic heterocycles. The largest absolute Gasteiger partial charge is 0.361 e. The molecule has 0 unspecified atom stereocenters. The summed E-state index contributed by atoms with van der Waals surface area (Å²) in [4.78, 5) is 43.0. The van der Waals surface area contributed by atoms with Crippen molar-refractivity contribution < 1.29 is 9.59 Å². The lowest BCUT2D eigenvalue weighted by molar-refractivity contribution is -0.128. The van der Waals surface area contributed by atoms with Crippen molar-refractivity contribution >= 4 is 45.8 Å². The van der Waals surface area contributed by atoms with Crippen LogP contribution < -0.4 is 16.4 Å². The molecule has 2 heterocycles. The van der Waals surface area contributed by atoms with E-state index in [0.29, 0.717) is 10.9 Å². The summed E-state index contributed by atoms with van der Waals surface area (Å²) >= 11 is 5.23. The first-order valence-corrected chi connectivity index (χ1v) is 9.78. The molecule has 8 nitrogen and oxygen atoms in total. The number of carbonyl (C=O) groups excluding carboxylic acids is 2. The van der Waals surface area contributed by atoms with Gasteiger partial charge in [0.05, 0.1) is 17.3 Å². The van der Waals surface area contributed by atoms with Crippen molar-refractivity contribution in [3.8, 4) is 0 Å². The molecule has 2 amide bonds. The summed E-state index contributed by atoms with van der Waals surface area (Å²) in [5.41, 5.74) is 6.97. The topological polar surface area (TPSA) is 112 Å². The maximum atomic E-state index is 12.6. The van der Waals surface area contributed by atoms with E-state index in [1.54, 1.807) is 24.4 Å². The highest BCUT2D eigenvalue weighted by atomic mass is 32.1. The van der Waals surface area contributed by atoms with Gasteiger partial charge in [-0.25, -0.2) is 0 Å². The molecule has 0 bridgehead atoms. The Labute approximate surface area is 175 Å². The van der Waals surface area contributed by atoms with Gasteiger partial charge in [0.15, 0.2) is 4.77 Å². The van der Waals surface area contributed by atoms with Crippen LogP contribution in [0.1, 0.15) is 12.0 Å². The van der Waals surface area contributed by atoms with Crippen LogP contribution >= 0.6 is 12.2 Å². The lowest BCUT2D eigenvalue weighted by Crippen LogP contribution is -2.42. The fourth-order valence-electron chi connectivity index (χ4n) is 3.31. The fourth-order valence-corrected chi connectivity index (χ4v) is 3.60. The number of nitrogens with one attached hydrogen (secondary N) is 4. The van der Waals surface area contributed by atoms with Crippen molar-refractivity contribution in [1.82, 2.24) is 25.4 Å². The van der Waals surface area contributed by atoms with Gasteiger partial charge in [0, 0.05) is 30.1 Å². The predicted octanol–water partition coefficient (Wildman–Crippen LogP) is 2.32. The standard InChI is InChI=1S/C21H19N5O3S/c27-18(9-10-26-20(29)15-6-2-4-8-17(15)23-21(26)30)24-25-19(28)11-13-12-22-16-7-3-1-5-14(13)16/h1-8,12,22H,9-11H2,(H,23,30)(H,24,27)(H,25,28). The second kappa shape index (κ2) is 8.34. The number of rotatable bonds is 5. The molecular formula is C21H19N5O3S. The van der Waals surface area contributed by atoms with Crippen LogP contribution in [0.2, 0.25) is 0 Å². The lowest BCUT2D eigenvalue weighted by Gasteiger charge is -2.09. The second-order valence-corrected chi connectivity index (χ2v) is 7.20. The quantitative estimate of drug-likeness (QED) is 0.293. The molecule has 30 heavy (non-hydrogen) atoms. The Morgan fingerprint density at radius 2 is 1.60 bits per heavy atom. The minimum absolute atomic E-state index is 0.0108. The fraction of sp³-hybridized carbons (Fsp3) is 0.143. The Hall–Kier alpha value is -3.72. The van der Waals surface area contributed by atoms with Crippen molar-refractivity contribution in [2.45, 2.75) is 19.4 Å². The monoisotopic (exact) mass is 421 g/mol. The average molecular weight is 421 g/mol. The maximum Gasteiger partial charge on any atom is 0.262 e. The van der Waals surface area contributed by atoms with Crippen LogP contribution in [0, 0.1) is 4.77 Å². The number of benzene rings is 2. The normalized spacial score (nSPS) is 10.9. The predicted molar refractivity (Wildman–Crippen MR) is 116 cm³/mol. The van der Waals surface area contributed by atoms with E-state index >= 15 is 0 Å². The third kappa shape index (κ3) is 4.01. The third-order valence-electron chi connectivity index (χ3n) is 4.82. The smallest absolute Gasteiger partial charge is 0.262 e.